The van der Waals surface area contributed by atoms with Gasteiger partial charge in [0.2, 0.25) is 17.7 Å². The Bertz CT molecular complexity index is 478. The Morgan fingerprint density at radius 1 is 1.12 bits per heavy atom. The van der Waals surface area contributed by atoms with Gasteiger partial charge in [-0.1, -0.05) is 0 Å². The smallest absolute Gasteiger partial charge is 0.408 e. The van der Waals surface area contributed by atoms with E-state index in [2.05, 4.69) is 10.6 Å². The molecule has 0 saturated carbocycles. The number of hydrogen-bond donors (Lipinski definition) is 4. The first-order valence-corrected chi connectivity index (χ1v) is 8.53. The van der Waals surface area contributed by atoms with Crippen LogP contribution in [0.3, 0.4) is 0 Å². The van der Waals surface area contributed by atoms with Crippen molar-refractivity contribution in [2.45, 2.75) is 51.8 Å². The Morgan fingerprint density at radius 2 is 1.71 bits per heavy atom. The molecule has 0 unspecified atom stereocenters. The molecule has 0 radical (unpaired) electrons. The second-order valence-corrected chi connectivity index (χ2v) is 7.24. The Hall–Kier alpha value is -1.97. The summed E-state index contributed by atoms with van der Waals surface area (Å²) < 4.78 is 5.11. The maximum absolute atomic E-state index is 12.2. The predicted octanol–water partition coefficient (Wildman–Crippen LogP) is -0.522. The van der Waals surface area contributed by atoms with Crippen molar-refractivity contribution < 1.29 is 23.9 Å². The van der Waals surface area contributed by atoms with Crippen molar-refractivity contribution in [3.63, 3.8) is 0 Å². The van der Waals surface area contributed by atoms with Gasteiger partial charge in [-0.05, 0) is 39.9 Å². The van der Waals surface area contributed by atoms with Crippen molar-refractivity contribution in [1.82, 2.24) is 10.6 Å². The number of hydrogen-bond acceptors (Lipinski definition) is 6. The molecule has 6 N–H and O–H groups in total. The first kappa shape index (κ1) is 22.0. The molecule has 0 aliphatic rings. The zero-order valence-electron chi connectivity index (χ0n) is 14.4. The lowest BCUT2D eigenvalue weighted by Gasteiger charge is -2.24. The highest BCUT2D eigenvalue weighted by Gasteiger charge is 2.26. The van der Waals surface area contributed by atoms with E-state index in [1.54, 1.807) is 20.8 Å². The first-order chi connectivity index (χ1) is 10.9. The van der Waals surface area contributed by atoms with Crippen molar-refractivity contribution in [2.75, 3.05) is 11.5 Å². The van der Waals surface area contributed by atoms with Crippen LogP contribution in [0.25, 0.3) is 0 Å². The van der Waals surface area contributed by atoms with Gasteiger partial charge in [-0.25, -0.2) is 4.79 Å². The number of rotatable bonds is 9. The van der Waals surface area contributed by atoms with Crippen LogP contribution in [-0.4, -0.2) is 53.0 Å². The van der Waals surface area contributed by atoms with Gasteiger partial charge >= 0.3 is 6.09 Å². The highest BCUT2D eigenvalue weighted by atomic mass is 32.2. The van der Waals surface area contributed by atoms with Crippen LogP contribution in [0.4, 0.5) is 4.79 Å². The SMILES string of the molecule is C[C@H](NC(=O)[C@H](CCSCC(N)=O)NC(=O)OC(C)(C)C)C(N)=O. The lowest BCUT2D eigenvalue weighted by atomic mass is 10.2. The van der Waals surface area contributed by atoms with Gasteiger partial charge in [0.05, 0.1) is 5.75 Å². The third-order valence-corrected chi connectivity index (χ3v) is 3.60. The van der Waals surface area contributed by atoms with E-state index >= 15 is 0 Å². The lowest BCUT2D eigenvalue weighted by molar-refractivity contribution is -0.128. The Morgan fingerprint density at radius 3 is 2.17 bits per heavy atom. The molecular weight excluding hydrogens is 336 g/mol. The molecule has 0 aliphatic heterocycles. The van der Waals surface area contributed by atoms with Gasteiger partial charge in [-0.15, -0.1) is 0 Å². The Labute approximate surface area is 145 Å². The van der Waals surface area contributed by atoms with Gasteiger partial charge in [0, 0.05) is 0 Å². The molecule has 0 spiro atoms. The summed E-state index contributed by atoms with van der Waals surface area (Å²) in [5.74, 6) is -1.21. The molecule has 0 rings (SSSR count). The number of thioether (sulfide) groups is 1. The van der Waals surface area contributed by atoms with Crippen LogP contribution in [0, 0.1) is 0 Å². The summed E-state index contributed by atoms with van der Waals surface area (Å²) in [4.78, 5) is 45.8. The van der Waals surface area contributed by atoms with Crippen LogP contribution in [0.2, 0.25) is 0 Å². The maximum atomic E-state index is 12.2. The molecule has 10 heteroatoms. The van der Waals surface area contributed by atoms with E-state index in [0.717, 1.165) is 0 Å². The van der Waals surface area contributed by atoms with Gasteiger partial charge in [-0.3, -0.25) is 14.4 Å². The van der Waals surface area contributed by atoms with Crippen LogP contribution in [0.5, 0.6) is 0 Å². The van der Waals surface area contributed by atoms with Crippen LogP contribution >= 0.6 is 11.8 Å². The molecule has 9 nitrogen and oxygen atoms in total. The minimum absolute atomic E-state index is 0.110. The highest BCUT2D eigenvalue weighted by molar-refractivity contribution is 7.99. The van der Waals surface area contributed by atoms with E-state index in [4.69, 9.17) is 16.2 Å². The Balaban J connectivity index is 4.74. The third-order valence-electron chi connectivity index (χ3n) is 2.59. The van der Waals surface area contributed by atoms with E-state index in [1.807, 2.05) is 0 Å². The number of nitrogens with one attached hydrogen (secondary N) is 2. The minimum atomic E-state index is -0.929. The van der Waals surface area contributed by atoms with Gasteiger partial charge in [-0.2, -0.15) is 11.8 Å². The molecule has 2 atom stereocenters. The fraction of sp³-hybridized carbons (Fsp3) is 0.714. The zero-order chi connectivity index (χ0) is 18.9. The Kier molecular flexibility index (Phi) is 9.19. The molecule has 0 saturated heterocycles. The fourth-order valence-electron chi connectivity index (χ4n) is 1.48. The second-order valence-electron chi connectivity index (χ2n) is 6.14. The molecule has 138 valence electrons. The average molecular weight is 362 g/mol. The summed E-state index contributed by atoms with van der Waals surface area (Å²) in [6, 6.07) is -1.80. The van der Waals surface area contributed by atoms with E-state index in [-0.39, 0.29) is 12.2 Å². The molecule has 0 aromatic rings. The molecular formula is C14H26N4O5S. The van der Waals surface area contributed by atoms with Gasteiger partial charge in [0.1, 0.15) is 17.7 Å². The highest BCUT2D eigenvalue weighted by Crippen LogP contribution is 2.09. The number of primary amides is 2. The standard InChI is InChI=1S/C14H26N4O5S/c1-8(11(16)20)17-12(21)9(5-6-24-7-10(15)19)18-13(22)23-14(2,3)4/h8-9H,5-7H2,1-4H3,(H2,15,19)(H2,16,20)(H,17,21)(H,18,22)/t8-,9-/m0/s1. The number of ether oxygens (including phenoxy) is 1. The zero-order valence-corrected chi connectivity index (χ0v) is 15.2. The monoisotopic (exact) mass is 362 g/mol. The van der Waals surface area contributed by atoms with Crippen LogP contribution in [0.1, 0.15) is 34.1 Å². The second kappa shape index (κ2) is 10.0. The predicted molar refractivity (Wildman–Crippen MR) is 91.1 cm³/mol. The van der Waals surface area contributed by atoms with E-state index < -0.39 is 41.5 Å². The quantitative estimate of drug-likeness (QED) is 0.405. The van der Waals surface area contributed by atoms with Gasteiger partial charge in [0.25, 0.3) is 0 Å². The van der Waals surface area contributed by atoms with Crippen LogP contribution in [0.15, 0.2) is 0 Å². The molecule has 24 heavy (non-hydrogen) atoms. The molecule has 0 heterocycles. The summed E-state index contributed by atoms with van der Waals surface area (Å²) in [5.41, 5.74) is 9.43. The van der Waals surface area contributed by atoms with E-state index in [1.165, 1.54) is 18.7 Å². The molecule has 0 bridgehead atoms. The van der Waals surface area contributed by atoms with Gasteiger partial charge in [0.15, 0.2) is 0 Å². The summed E-state index contributed by atoms with van der Waals surface area (Å²) in [7, 11) is 0. The summed E-state index contributed by atoms with van der Waals surface area (Å²) >= 11 is 1.23. The van der Waals surface area contributed by atoms with Crippen molar-refractivity contribution in [3.05, 3.63) is 0 Å². The molecule has 4 amide bonds. The largest absolute Gasteiger partial charge is 0.444 e. The van der Waals surface area contributed by atoms with Crippen LogP contribution < -0.4 is 22.1 Å². The maximum Gasteiger partial charge on any atom is 0.408 e. The number of alkyl carbamates (subject to hydrolysis) is 1. The van der Waals surface area contributed by atoms with E-state index in [0.29, 0.717) is 5.75 Å². The fourth-order valence-corrected chi connectivity index (χ4v) is 2.23. The minimum Gasteiger partial charge on any atom is -0.444 e. The van der Waals surface area contributed by atoms with Gasteiger partial charge < -0.3 is 26.8 Å². The molecule has 0 aromatic carbocycles. The first-order valence-electron chi connectivity index (χ1n) is 7.37. The molecule has 0 fully saturated rings. The third kappa shape index (κ3) is 10.7. The number of nitrogens with two attached hydrogens (primary N) is 2. The lowest BCUT2D eigenvalue weighted by Crippen LogP contribution is -2.52. The summed E-state index contributed by atoms with van der Waals surface area (Å²) in [6.45, 7) is 6.52. The van der Waals surface area contributed by atoms with Crippen molar-refractivity contribution >= 4 is 35.6 Å². The molecule has 0 aliphatic carbocycles. The topological polar surface area (TPSA) is 154 Å². The number of carbonyl (C=O) groups excluding carboxylic acids is 4. The number of amides is 4. The summed E-state index contributed by atoms with van der Waals surface area (Å²) in [5, 5.41) is 4.86. The summed E-state index contributed by atoms with van der Waals surface area (Å²) in [6.07, 6.45) is -0.525. The van der Waals surface area contributed by atoms with Crippen molar-refractivity contribution in [3.8, 4) is 0 Å². The number of carbonyl (C=O) groups is 4. The van der Waals surface area contributed by atoms with E-state index in [9.17, 15) is 19.2 Å². The van der Waals surface area contributed by atoms with Crippen molar-refractivity contribution in [1.29, 1.82) is 0 Å². The van der Waals surface area contributed by atoms with Crippen molar-refractivity contribution in [2.24, 2.45) is 11.5 Å². The normalized spacial score (nSPS) is 13.5. The molecule has 0 aromatic heterocycles. The average Bonchev–Trinajstić information content (AvgIpc) is 2.39. The van der Waals surface area contributed by atoms with Crippen LogP contribution in [-0.2, 0) is 19.1 Å².